The number of rotatable bonds is 0. The van der Waals surface area contributed by atoms with Crippen LogP contribution >= 0.6 is 0 Å². The summed E-state index contributed by atoms with van der Waals surface area (Å²) in [5.74, 6) is 0. The zero-order valence-corrected chi connectivity index (χ0v) is 19.2. The molecule has 8 heteroatoms. The minimum absolute atomic E-state index is 0. The third-order valence-electron chi connectivity index (χ3n) is 4.87. The molecule has 0 aromatic rings. The van der Waals surface area contributed by atoms with Crippen LogP contribution in [0, 0.1) is 0 Å². The number of nitrogens with zero attached hydrogens (tertiary/aromatic N) is 6. The van der Waals surface area contributed by atoms with Crippen molar-refractivity contribution < 1.29 is 34.1 Å². The first-order chi connectivity index (χ1) is 10.8. The van der Waals surface area contributed by atoms with Gasteiger partial charge in [0.05, 0.1) is 0 Å². The standard InChI is InChI=1S/2C9H17N3.2Cu/c2*1-8(2)5-12-6-9(3,4)11-7(12)10-8;;/h2*7H,5-6H2,1-4H3;;/q2*-2;2*+2. The van der Waals surface area contributed by atoms with Gasteiger partial charge in [-0.25, -0.2) is 0 Å². The molecular formula is C18H34Cu2N6. The van der Waals surface area contributed by atoms with E-state index < -0.39 is 0 Å². The SMILES string of the molecule is CC1(C)CN2CC(C)(C)[N-]C2[N-]1.CC1(C)CN2CC(C)(C)[N-]C2[N-]1.[Cu+2].[Cu+2]. The Morgan fingerprint density at radius 2 is 0.692 bits per heavy atom. The third kappa shape index (κ3) is 5.90. The maximum absolute atomic E-state index is 4.64. The van der Waals surface area contributed by atoms with Crippen molar-refractivity contribution in [3.8, 4) is 0 Å². The van der Waals surface area contributed by atoms with Crippen LogP contribution in [0.4, 0.5) is 0 Å². The molecule has 0 amide bonds. The van der Waals surface area contributed by atoms with Crippen molar-refractivity contribution >= 4 is 0 Å². The van der Waals surface area contributed by atoms with Crippen molar-refractivity contribution in [1.82, 2.24) is 9.80 Å². The topological polar surface area (TPSA) is 62.9 Å². The first-order valence-electron chi connectivity index (χ1n) is 9.12. The van der Waals surface area contributed by atoms with Crippen molar-refractivity contribution in [2.45, 2.75) is 90.1 Å². The molecule has 0 spiro atoms. The Labute approximate surface area is 181 Å². The fourth-order valence-electron chi connectivity index (χ4n) is 4.22. The molecule has 4 aliphatic heterocycles. The normalized spacial score (nSPS) is 31.4. The van der Waals surface area contributed by atoms with Crippen LogP contribution in [0.25, 0.3) is 21.3 Å². The number of fused-ring (bicyclic) bond motifs is 2. The van der Waals surface area contributed by atoms with Crippen molar-refractivity contribution in [1.29, 1.82) is 0 Å². The smallest absolute Gasteiger partial charge is 0.659 e. The molecular weight excluding hydrogens is 427 g/mol. The summed E-state index contributed by atoms with van der Waals surface area (Å²) in [7, 11) is 0. The van der Waals surface area contributed by atoms with Crippen molar-refractivity contribution in [2.24, 2.45) is 0 Å². The summed E-state index contributed by atoms with van der Waals surface area (Å²) in [6.07, 6.45) is 0.296. The van der Waals surface area contributed by atoms with Gasteiger partial charge in [0.25, 0.3) is 0 Å². The zero-order valence-electron chi connectivity index (χ0n) is 17.3. The fourth-order valence-corrected chi connectivity index (χ4v) is 4.22. The molecule has 0 saturated carbocycles. The van der Waals surface area contributed by atoms with Crippen LogP contribution in [-0.4, -0.2) is 70.7 Å². The van der Waals surface area contributed by atoms with Gasteiger partial charge < -0.3 is 31.1 Å². The Balaban J connectivity index is 0.000000241. The first-order valence-corrected chi connectivity index (χ1v) is 9.12. The van der Waals surface area contributed by atoms with Gasteiger partial charge in [-0.1, -0.05) is 55.4 Å². The van der Waals surface area contributed by atoms with Crippen LogP contribution in [0.5, 0.6) is 0 Å². The first kappa shape index (κ1) is 24.8. The van der Waals surface area contributed by atoms with E-state index in [9.17, 15) is 0 Å². The van der Waals surface area contributed by atoms with Gasteiger partial charge in [-0.2, -0.15) is 12.6 Å². The van der Waals surface area contributed by atoms with E-state index in [-0.39, 0.29) is 68.9 Å². The summed E-state index contributed by atoms with van der Waals surface area (Å²) in [6, 6.07) is 0. The molecule has 6 nitrogen and oxygen atoms in total. The van der Waals surface area contributed by atoms with E-state index in [0.717, 1.165) is 26.2 Å². The Hall–Kier alpha value is 0.799. The summed E-state index contributed by atoms with van der Waals surface area (Å²) in [6.45, 7) is 21.6. The van der Waals surface area contributed by atoms with Gasteiger partial charge in [0.1, 0.15) is 0 Å². The molecule has 158 valence electrons. The van der Waals surface area contributed by atoms with Crippen LogP contribution < -0.4 is 0 Å². The molecule has 26 heavy (non-hydrogen) atoms. The second-order valence-corrected chi connectivity index (χ2v) is 10.3. The Kier molecular flexibility index (Phi) is 7.55. The van der Waals surface area contributed by atoms with Crippen LogP contribution in [0.2, 0.25) is 0 Å². The summed E-state index contributed by atoms with van der Waals surface area (Å²) < 4.78 is 0. The third-order valence-corrected chi connectivity index (χ3v) is 4.87. The zero-order chi connectivity index (χ0) is 18.0. The Bertz CT molecular complexity index is 374. The molecule has 4 aliphatic rings. The van der Waals surface area contributed by atoms with Gasteiger partial charge in [0, 0.05) is 0 Å². The largest absolute Gasteiger partial charge is 2.00 e. The van der Waals surface area contributed by atoms with Crippen LogP contribution in [0.3, 0.4) is 0 Å². The van der Waals surface area contributed by atoms with E-state index >= 15 is 0 Å². The van der Waals surface area contributed by atoms with Crippen molar-refractivity contribution in [3.05, 3.63) is 21.3 Å². The average Bonchev–Trinajstić information content (AvgIpc) is 2.89. The van der Waals surface area contributed by atoms with E-state index in [2.05, 4.69) is 86.5 Å². The number of hydrogen-bond donors (Lipinski definition) is 0. The molecule has 0 aliphatic carbocycles. The van der Waals surface area contributed by atoms with Crippen molar-refractivity contribution in [2.75, 3.05) is 26.2 Å². The number of hydrogen-bond acceptors (Lipinski definition) is 2. The van der Waals surface area contributed by atoms with E-state index in [1.807, 2.05) is 0 Å². The van der Waals surface area contributed by atoms with Gasteiger partial charge in [0.15, 0.2) is 0 Å². The summed E-state index contributed by atoms with van der Waals surface area (Å²) >= 11 is 0. The maximum Gasteiger partial charge on any atom is 2.00 e. The minimum atomic E-state index is 0. The summed E-state index contributed by atoms with van der Waals surface area (Å²) in [4.78, 5) is 4.72. The van der Waals surface area contributed by atoms with Gasteiger partial charge >= 0.3 is 34.1 Å². The second kappa shape index (κ2) is 7.91. The van der Waals surface area contributed by atoms with Crippen LogP contribution in [0.15, 0.2) is 0 Å². The molecule has 4 saturated heterocycles. The molecule has 0 aromatic heterocycles. The monoisotopic (exact) mass is 460 g/mol. The van der Waals surface area contributed by atoms with Crippen molar-refractivity contribution in [3.63, 3.8) is 0 Å². The Morgan fingerprint density at radius 3 is 0.846 bits per heavy atom. The molecule has 4 rings (SSSR count). The molecule has 0 atom stereocenters. The molecule has 2 radical (unpaired) electrons. The second-order valence-electron chi connectivity index (χ2n) is 10.3. The Morgan fingerprint density at radius 1 is 0.500 bits per heavy atom. The van der Waals surface area contributed by atoms with Gasteiger partial charge in [-0.15, -0.1) is 22.2 Å². The van der Waals surface area contributed by atoms with E-state index in [1.165, 1.54) is 0 Å². The molecule has 4 fully saturated rings. The molecule has 0 aromatic carbocycles. The fraction of sp³-hybridized carbons (Fsp3) is 1.00. The summed E-state index contributed by atoms with van der Waals surface area (Å²) in [5, 5.41) is 18.5. The molecule has 0 bridgehead atoms. The van der Waals surface area contributed by atoms with Gasteiger partial charge in [0.2, 0.25) is 0 Å². The maximum atomic E-state index is 4.64. The molecule has 0 unspecified atom stereocenters. The molecule has 0 N–H and O–H groups in total. The average molecular weight is 462 g/mol. The predicted molar refractivity (Wildman–Crippen MR) is 100 cm³/mol. The predicted octanol–water partition coefficient (Wildman–Crippen LogP) is 3.80. The van der Waals surface area contributed by atoms with Crippen LogP contribution in [0.1, 0.15) is 55.4 Å². The van der Waals surface area contributed by atoms with Gasteiger partial charge in [-0.3, -0.25) is 0 Å². The van der Waals surface area contributed by atoms with Crippen LogP contribution in [-0.2, 0) is 34.1 Å². The minimum Gasteiger partial charge on any atom is -0.659 e. The molecule has 4 heterocycles. The van der Waals surface area contributed by atoms with E-state index in [0.29, 0.717) is 0 Å². The van der Waals surface area contributed by atoms with E-state index in [4.69, 9.17) is 0 Å². The van der Waals surface area contributed by atoms with Gasteiger partial charge in [-0.05, 0) is 26.2 Å². The summed E-state index contributed by atoms with van der Waals surface area (Å²) in [5.41, 5.74) is 0.463. The van der Waals surface area contributed by atoms with E-state index in [1.54, 1.807) is 0 Å². The quantitative estimate of drug-likeness (QED) is 0.515.